The molecular weight excluding hydrogens is 446 g/mol. The van der Waals surface area contributed by atoms with E-state index in [0.717, 1.165) is 36.1 Å². The number of methoxy groups -OCH3 is 1. The molecule has 4 N–H and O–H groups in total. The van der Waals surface area contributed by atoms with Gasteiger partial charge in [-0.2, -0.15) is 0 Å². The van der Waals surface area contributed by atoms with E-state index in [1.165, 1.54) is 0 Å². The molecule has 4 rings (SSSR count). The third kappa shape index (κ3) is 4.60. The van der Waals surface area contributed by atoms with E-state index in [1.807, 2.05) is 32.0 Å². The zero-order valence-corrected chi connectivity index (χ0v) is 20.5. The lowest BCUT2D eigenvalue weighted by Crippen LogP contribution is -2.43. The van der Waals surface area contributed by atoms with Gasteiger partial charge in [0.2, 0.25) is 5.91 Å². The quantitative estimate of drug-likeness (QED) is 0.460. The van der Waals surface area contributed by atoms with Crippen molar-refractivity contribution in [3.8, 4) is 11.5 Å². The largest absolute Gasteiger partial charge is 0.496 e. The lowest BCUT2D eigenvalue weighted by molar-refractivity contribution is -0.131. The number of nitrogen functional groups attached to an aromatic ring is 1. The maximum atomic E-state index is 13.3. The lowest BCUT2D eigenvalue weighted by Gasteiger charge is -2.31. The van der Waals surface area contributed by atoms with Crippen LogP contribution in [0.5, 0.6) is 11.5 Å². The van der Waals surface area contributed by atoms with Gasteiger partial charge in [-0.3, -0.25) is 9.78 Å². The van der Waals surface area contributed by atoms with E-state index < -0.39 is 11.4 Å². The van der Waals surface area contributed by atoms with Gasteiger partial charge >= 0.3 is 5.97 Å². The first kappa shape index (κ1) is 24.3. The van der Waals surface area contributed by atoms with E-state index in [-0.39, 0.29) is 29.8 Å². The first-order valence-electron chi connectivity index (χ1n) is 11.7. The van der Waals surface area contributed by atoms with Gasteiger partial charge < -0.3 is 25.6 Å². The SMILES string of the molecule is COc1cccc2c1CCCC2NC(=O)C(C)(C)COc1cccc2nc(C)c(C(=O)O)c(N)c12. The number of nitrogens with one attached hydrogen (secondary N) is 1. The standard InChI is InChI=1S/C27H31N3O5/c1-15-22(25(31)32)24(28)23-19(29-15)11-7-13-21(23)35-14-27(2,3)26(33)30-18-10-5-9-17-16(18)8-6-12-20(17)34-4/h6-8,11-13,18H,5,9-10,14H2,1-4H3,(H2,28,29)(H,30,33)(H,31,32). The number of carboxylic acids is 1. The molecule has 1 atom stereocenters. The predicted octanol–water partition coefficient (Wildman–Crippen LogP) is 4.43. The van der Waals surface area contributed by atoms with E-state index in [9.17, 15) is 14.7 Å². The topological polar surface area (TPSA) is 124 Å². The highest BCUT2D eigenvalue weighted by atomic mass is 16.5. The number of benzene rings is 2. The zero-order chi connectivity index (χ0) is 25.3. The summed E-state index contributed by atoms with van der Waals surface area (Å²) in [5.41, 5.74) is 8.53. The Morgan fingerprint density at radius 3 is 2.63 bits per heavy atom. The monoisotopic (exact) mass is 477 g/mol. The van der Waals surface area contributed by atoms with Gasteiger partial charge in [0.1, 0.15) is 23.7 Å². The van der Waals surface area contributed by atoms with Crippen LogP contribution in [0.4, 0.5) is 5.69 Å². The second-order valence-corrected chi connectivity index (χ2v) is 9.56. The summed E-state index contributed by atoms with van der Waals surface area (Å²) in [4.78, 5) is 29.4. The number of fused-ring (bicyclic) bond motifs is 2. The molecule has 0 saturated carbocycles. The number of pyridine rings is 1. The normalized spacial score (nSPS) is 15.4. The van der Waals surface area contributed by atoms with Crippen molar-refractivity contribution in [2.45, 2.75) is 46.1 Å². The molecule has 0 saturated heterocycles. The Morgan fingerprint density at radius 1 is 1.20 bits per heavy atom. The minimum Gasteiger partial charge on any atom is -0.496 e. The Bertz CT molecular complexity index is 1300. The van der Waals surface area contributed by atoms with Crippen LogP contribution < -0.4 is 20.5 Å². The summed E-state index contributed by atoms with van der Waals surface area (Å²) in [6, 6.07) is 11.1. The number of hydrogen-bond donors (Lipinski definition) is 3. The number of carbonyl (C=O) groups excluding carboxylic acids is 1. The molecule has 0 fully saturated rings. The van der Waals surface area contributed by atoms with Gasteiger partial charge in [-0.05, 0) is 69.4 Å². The molecule has 35 heavy (non-hydrogen) atoms. The molecule has 0 spiro atoms. The van der Waals surface area contributed by atoms with Gasteiger partial charge in [0, 0.05) is 0 Å². The predicted molar refractivity (Wildman–Crippen MR) is 134 cm³/mol. The number of aromatic carboxylic acids is 1. The molecule has 1 aromatic heterocycles. The number of hydrogen-bond acceptors (Lipinski definition) is 6. The summed E-state index contributed by atoms with van der Waals surface area (Å²) in [5.74, 6) is -0.0364. The number of anilines is 1. The number of amides is 1. The highest BCUT2D eigenvalue weighted by Crippen LogP contribution is 2.37. The van der Waals surface area contributed by atoms with Crippen LogP contribution >= 0.6 is 0 Å². The maximum Gasteiger partial charge on any atom is 0.339 e. The summed E-state index contributed by atoms with van der Waals surface area (Å²) < 4.78 is 11.6. The number of aryl methyl sites for hydroxylation is 1. The molecule has 1 amide bonds. The van der Waals surface area contributed by atoms with Crippen molar-refractivity contribution in [1.82, 2.24) is 10.3 Å². The molecule has 0 aliphatic heterocycles. The molecule has 1 aliphatic rings. The minimum atomic E-state index is -1.15. The second kappa shape index (κ2) is 9.44. The second-order valence-electron chi connectivity index (χ2n) is 9.56. The first-order valence-corrected chi connectivity index (χ1v) is 11.7. The van der Waals surface area contributed by atoms with Crippen molar-refractivity contribution in [3.05, 3.63) is 58.8 Å². The summed E-state index contributed by atoms with van der Waals surface area (Å²) in [6.07, 6.45) is 2.74. The van der Waals surface area contributed by atoms with E-state index in [2.05, 4.69) is 10.3 Å². The average molecular weight is 478 g/mol. The molecule has 3 aromatic rings. The number of carbonyl (C=O) groups is 2. The summed E-state index contributed by atoms with van der Waals surface area (Å²) >= 11 is 0. The molecule has 1 heterocycles. The maximum absolute atomic E-state index is 13.3. The van der Waals surface area contributed by atoms with E-state index in [4.69, 9.17) is 15.2 Å². The fourth-order valence-electron chi connectivity index (χ4n) is 4.66. The van der Waals surface area contributed by atoms with Crippen molar-refractivity contribution in [1.29, 1.82) is 0 Å². The summed E-state index contributed by atoms with van der Waals surface area (Å²) in [5, 5.41) is 13.2. The number of nitrogens with zero attached hydrogens (tertiary/aromatic N) is 1. The van der Waals surface area contributed by atoms with Crippen LogP contribution in [0.15, 0.2) is 36.4 Å². The number of rotatable bonds is 7. The Kier molecular flexibility index (Phi) is 6.56. The fourth-order valence-corrected chi connectivity index (χ4v) is 4.66. The molecule has 184 valence electrons. The molecular formula is C27H31N3O5. The molecule has 1 unspecified atom stereocenters. The third-order valence-corrected chi connectivity index (χ3v) is 6.60. The van der Waals surface area contributed by atoms with Gasteiger partial charge in [-0.15, -0.1) is 0 Å². The number of aromatic nitrogens is 1. The molecule has 0 bridgehead atoms. The lowest BCUT2D eigenvalue weighted by atomic mass is 9.85. The van der Waals surface area contributed by atoms with Crippen LogP contribution in [0, 0.1) is 12.3 Å². The summed E-state index contributed by atoms with van der Waals surface area (Å²) in [7, 11) is 1.66. The number of nitrogens with two attached hydrogens (primary N) is 1. The van der Waals surface area contributed by atoms with Gasteiger partial charge in [0.25, 0.3) is 0 Å². The molecule has 8 nitrogen and oxygen atoms in total. The molecule has 2 aromatic carbocycles. The molecule has 1 aliphatic carbocycles. The van der Waals surface area contributed by atoms with Crippen LogP contribution in [0.1, 0.15) is 59.9 Å². The van der Waals surface area contributed by atoms with Gasteiger partial charge in [0.15, 0.2) is 0 Å². The Hall–Kier alpha value is -3.81. The fraction of sp³-hybridized carbons (Fsp3) is 0.370. The van der Waals surface area contributed by atoms with Crippen molar-refractivity contribution >= 4 is 28.5 Å². The van der Waals surface area contributed by atoms with Crippen LogP contribution in [0.2, 0.25) is 0 Å². The summed E-state index contributed by atoms with van der Waals surface area (Å²) in [6.45, 7) is 5.32. The van der Waals surface area contributed by atoms with Crippen LogP contribution in [-0.4, -0.2) is 35.7 Å². The Balaban J connectivity index is 1.55. The van der Waals surface area contributed by atoms with E-state index in [1.54, 1.807) is 32.2 Å². The number of carboxylic acid groups (broad SMARTS) is 1. The van der Waals surface area contributed by atoms with Crippen molar-refractivity contribution in [3.63, 3.8) is 0 Å². The third-order valence-electron chi connectivity index (χ3n) is 6.60. The van der Waals surface area contributed by atoms with E-state index in [0.29, 0.717) is 22.3 Å². The average Bonchev–Trinajstić information content (AvgIpc) is 2.82. The van der Waals surface area contributed by atoms with E-state index >= 15 is 0 Å². The van der Waals surface area contributed by atoms with Crippen LogP contribution in [-0.2, 0) is 11.2 Å². The van der Waals surface area contributed by atoms with Crippen LogP contribution in [0.25, 0.3) is 10.9 Å². The highest BCUT2D eigenvalue weighted by molar-refractivity contribution is 6.06. The molecule has 0 radical (unpaired) electrons. The first-order chi connectivity index (χ1) is 16.6. The number of ether oxygens (including phenoxy) is 2. The Labute approximate surface area is 204 Å². The zero-order valence-electron chi connectivity index (χ0n) is 20.5. The van der Waals surface area contributed by atoms with Crippen LogP contribution in [0.3, 0.4) is 0 Å². The Morgan fingerprint density at radius 2 is 1.91 bits per heavy atom. The van der Waals surface area contributed by atoms with Crippen molar-refractivity contribution in [2.75, 3.05) is 19.5 Å². The van der Waals surface area contributed by atoms with Crippen molar-refractivity contribution < 1.29 is 24.2 Å². The van der Waals surface area contributed by atoms with Gasteiger partial charge in [-0.25, -0.2) is 4.79 Å². The smallest absolute Gasteiger partial charge is 0.339 e. The highest BCUT2D eigenvalue weighted by Gasteiger charge is 2.33. The van der Waals surface area contributed by atoms with Gasteiger partial charge in [-0.1, -0.05) is 18.2 Å². The van der Waals surface area contributed by atoms with Crippen molar-refractivity contribution in [2.24, 2.45) is 5.41 Å². The van der Waals surface area contributed by atoms with Gasteiger partial charge in [0.05, 0.1) is 40.9 Å². The molecule has 8 heteroatoms. The minimum absolute atomic E-state index is 0.0445.